The number of benzene rings is 1. The Morgan fingerprint density at radius 1 is 1.03 bits per heavy atom. The third-order valence-corrected chi connectivity index (χ3v) is 8.64. The lowest BCUT2D eigenvalue weighted by Gasteiger charge is -2.32. The number of rotatable bonds is 6. The fourth-order valence-electron chi connectivity index (χ4n) is 5.69. The molecule has 8 heteroatoms. The molecule has 3 aliphatic rings. The summed E-state index contributed by atoms with van der Waals surface area (Å²) in [4.78, 5) is 54.6. The summed E-state index contributed by atoms with van der Waals surface area (Å²) in [5, 5.41) is 3.64. The van der Waals surface area contributed by atoms with Crippen LogP contribution in [0.4, 0.5) is 5.00 Å². The molecule has 1 N–H and O–H groups in total. The van der Waals surface area contributed by atoms with Gasteiger partial charge in [0, 0.05) is 17.3 Å². The van der Waals surface area contributed by atoms with Crippen LogP contribution < -0.4 is 5.32 Å². The zero-order valence-electron chi connectivity index (χ0n) is 19.9. The summed E-state index contributed by atoms with van der Waals surface area (Å²) in [6, 6.07) is 6.87. The van der Waals surface area contributed by atoms with Crippen LogP contribution in [0.2, 0.25) is 0 Å². The summed E-state index contributed by atoms with van der Waals surface area (Å²) in [5.74, 6) is -1.55. The number of aryl methyl sites for hydroxylation is 1. The number of hydrogen-bond donors (Lipinski definition) is 1. The Bertz CT molecular complexity index is 1150. The van der Waals surface area contributed by atoms with Crippen molar-refractivity contribution in [1.29, 1.82) is 0 Å². The van der Waals surface area contributed by atoms with Crippen LogP contribution in [0.3, 0.4) is 0 Å². The Morgan fingerprint density at radius 3 is 2.43 bits per heavy atom. The number of hydrogen-bond acceptors (Lipinski definition) is 6. The van der Waals surface area contributed by atoms with Gasteiger partial charge in [0.25, 0.3) is 11.8 Å². The van der Waals surface area contributed by atoms with E-state index in [9.17, 15) is 19.2 Å². The molecule has 35 heavy (non-hydrogen) atoms. The van der Waals surface area contributed by atoms with Crippen LogP contribution in [-0.4, -0.2) is 41.7 Å². The van der Waals surface area contributed by atoms with Gasteiger partial charge >= 0.3 is 5.97 Å². The van der Waals surface area contributed by atoms with Crippen LogP contribution in [0.15, 0.2) is 24.3 Å². The first-order valence-electron chi connectivity index (χ1n) is 12.6. The Kier molecular flexibility index (Phi) is 6.73. The predicted molar refractivity (Wildman–Crippen MR) is 133 cm³/mol. The minimum Gasteiger partial charge on any atom is -0.462 e. The molecular formula is C27H30N2O5S. The van der Waals surface area contributed by atoms with Crippen molar-refractivity contribution in [2.75, 3.05) is 18.5 Å². The van der Waals surface area contributed by atoms with Crippen LogP contribution in [0.1, 0.15) is 87.0 Å². The van der Waals surface area contributed by atoms with Gasteiger partial charge in [0.1, 0.15) is 5.00 Å². The maximum absolute atomic E-state index is 13.5. The van der Waals surface area contributed by atoms with Gasteiger partial charge in [0.15, 0.2) is 0 Å². The molecule has 0 radical (unpaired) electrons. The van der Waals surface area contributed by atoms with E-state index in [0.29, 0.717) is 28.1 Å². The quantitative estimate of drug-likeness (QED) is 0.458. The Hall–Kier alpha value is -3.00. The third-order valence-electron chi connectivity index (χ3n) is 7.43. The van der Waals surface area contributed by atoms with E-state index >= 15 is 0 Å². The Balaban J connectivity index is 1.36. The lowest BCUT2D eigenvalue weighted by molar-refractivity contribution is -0.122. The van der Waals surface area contributed by atoms with Crippen molar-refractivity contribution in [3.8, 4) is 0 Å². The normalized spacial score (nSPS) is 21.5. The fraction of sp³-hybridized carbons (Fsp3) is 0.481. The van der Waals surface area contributed by atoms with Crippen molar-refractivity contribution < 1.29 is 23.9 Å². The van der Waals surface area contributed by atoms with E-state index in [0.717, 1.165) is 55.4 Å². The molecule has 1 aromatic heterocycles. The molecule has 0 spiro atoms. The van der Waals surface area contributed by atoms with E-state index in [1.54, 1.807) is 31.2 Å². The summed E-state index contributed by atoms with van der Waals surface area (Å²) in [6.45, 7) is 2.29. The molecule has 1 aliphatic heterocycles. The number of nitrogens with zero attached hydrogens (tertiary/aromatic N) is 1. The second-order valence-electron chi connectivity index (χ2n) is 9.54. The SMILES string of the molecule is CCOC(=O)c1c(NC(=O)C2CCCCC2CN2C(=O)c3ccccc3C2=O)sc2c1CCCC2. The highest BCUT2D eigenvalue weighted by Gasteiger charge is 2.40. The highest BCUT2D eigenvalue weighted by atomic mass is 32.1. The molecule has 7 nitrogen and oxygen atoms in total. The number of fused-ring (bicyclic) bond motifs is 2. The van der Waals surface area contributed by atoms with E-state index in [1.165, 1.54) is 16.2 Å². The number of ether oxygens (including phenoxy) is 1. The van der Waals surface area contributed by atoms with Crippen LogP contribution in [0.25, 0.3) is 0 Å². The van der Waals surface area contributed by atoms with E-state index in [1.807, 2.05) is 0 Å². The molecule has 2 aromatic rings. The minimum absolute atomic E-state index is 0.119. The van der Waals surface area contributed by atoms with Gasteiger partial charge in [-0.25, -0.2) is 4.79 Å². The highest BCUT2D eigenvalue weighted by molar-refractivity contribution is 7.17. The number of anilines is 1. The average Bonchev–Trinajstić information content (AvgIpc) is 3.35. The molecule has 2 atom stereocenters. The topological polar surface area (TPSA) is 92.8 Å². The van der Waals surface area contributed by atoms with Gasteiger partial charge in [-0.1, -0.05) is 25.0 Å². The van der Waals surface area contributed by atoms with Crippen molar-refractivity contribution in [2.24, 2.45) is 11.8 Å². The molecule has 1 fully saturated rings. The van der Waals surface area contributed by atoms with Crippen molar-refractivity contribution in [3.05, 3.63) is 51.4 Å². The number of carbonyl (C=O) groups is 4. The lowest BCUT2D eigenvalue weighted by Crippen LogP contribution is -2.41. The van der Waals surface area contributed by atoms with E-state index in [2.05, 4.69) is 5.32 Å². The number of esters is 1. The zero-order valence-corrected chi connectivity index (χ0v) is 20.7. The molecule has 2 unspecified atom stereocenters. The highest BCUT2D eigenvalue weighted by Crippen LogP contribution is 2.40. The van der Waals surface area contributed by atoms with E-state index in [4.69, 9.17) is 4.74 Å². The summed E-state index contributed by atoms with van der Waals surface area (Å²) >= 11 is 1.48. The Morgan fingerprint density at radius 2 is 1.71 bits per heavy atom. The third kappa shape index (κ3) is 4.40. The fourth-order valence-corrected chi connectivity index (χ4v) is 6.97. The number of thiophene rings is 1. The van der Waals surface area contributed by atoms with E-state index < -0.39 is 0 Å². The van der Waals surface area contributed by atoms with Crippen molar-refractivity contribution >= 4 is 40.0 Å². The molecule has 1 aromatic carbocycles. The maximum atomic E-state index is 13.5. The summed E-state index contributed by atoms with van der Waals surface area (Å²) < 4.78 is 5.32. The first kappa shape index (κ1) is 23.7. The molecule has 2 aliphatic carbocycles. The van der Waals surface area contributed by atoms with Crippen LogP contribution in [0.5, 0.6) is 0 Å². The van der Waals surface area contributed by atoms with Gasteiger partial charge in [-0.2, -0.15) is 0 Å². The molecule has 0 saturated heterocycles. The number of imide groups is 1. The molecule has 2 heterocycles. The monoisotopic (exact) mass is 494 g/mol. The molecule has 5 rings (SSSR count). The Labute approximate surface area is 208 Å². The van der Waals surface area contributed by atoms with Gasteiger partial charge in [0.2, 0.25) is 5.91 Å². The number of carbonyl (C=O) groups excluding carboxylic acids is 4. The standard InChI is InChI=1S/C27H30N2O5S/c1-2-34-27(33)22-20-13-7-8-14-21(20)35-24(22)28-23(30)17-10-4-3-9-16(17)15-29-25(31)18-11-5-6-12-19(18)26(29)32/h5-6,11-12,16-17H,2-4,7-10,13-15H2,1H3,(H,28,30). The summed E-state index contributed by atoms with van der Waals surface area (Å²) in [6.07, 6.45) is 7.18. The first-order chi connectivity index (χ1) is 17.0. The van der Waals surface area contributed by atoms with Crippen LogP contribution in [-0.2, 0) is 22.4 Å². The molecule has 3 amide bonds. The first-order valence-corrected chi connectivity index (χ1v) is 13.4. The predicted octanol–water partition coefficient (Wildman–Crippen LogP) is 4.84. The van der Waals surface area contributed by atoms with Crippen molar-refractivity contribution in [3.63, 3.8) is 0 Å². The summed E-state index contributed by atoms with van der Waals surface area (Å²) in [7, 11) is 0. The largest absolute Gasteiger partial charge is 0.462 e. The smallest absolute Gasteiger partial charge is 0.341 e. The second-order valence-corrected chi connectivity index (χ2v) is 10.6. The van der Waals surface area contributed by atoms with Crippen LogP contribution >= 0.6 is 11.3 Å². The summed E-state index contributed by atoms with van der Waals surface area (Å²) in [5.41, 5.74) is 2.38. The molecular weight excluding hydrogens is 464 g/mol. The number of amides is 3. The second kappa shape index (κ2) is 9.93. The molecule has 0 bridgehead atoms. The van der Waals surface area contributed by atoms with Gasteiger partial charge in [-0.15, -0.1) is 11.3 Å². The average molecular weight is 495 g/mol. The van der Waals surface area contributed by atoms with Crippen molar-refractivity contribution in [1.82, 2.24) is 4.90 Å². The van der Waals surface area contributed by atoms with E-state index in [-0.39, 0.29) is 48.7 Å². The van der Waals surface area contributed by atoms with Gasteiger partial charge < -0.3 is 10.1 Å². The lowest BCUT2D eigenvalue weighted by atomic mass is 9.78. The van der Waals surface area contributed by atoms with Gasteiger partial charge in [-0.3, -0.25) is 19.3 Å². The van der Waals surface area contributed by atoms with Crippen molar-refractivity contribution in [2.45, 2.75) is 58.3 Å². The molecule has 184 valence electrons. The maximum Gasteiger partial charge on any atom is 0.341 e. The van der Waals surface area contributed by atoms with Gasteiger partial charge in [0.05, 0.1) is 23.3 Å². The minimum atomic E-state index is -0.381. The number of nitrogens with one attached hydrogen (secondary N) is 1. The molecule has 1 saturated carbocycles. The van der Waals surface area contributed by atoms with Gasteiger partial charge in [-0.05, 0) is 69.1 Å². The van der Waals surface area contributed by atoms with Crippen LogP contribution in [0, 0.1) is 11.8 Å². The zero-order chi connectivity index (χ0) is 24.5.